The van der Waals surface area contributed by atoms with Crippen LogP contribution >= 0.6 is 11.6 Å². The number of hydrogen-bond acceptors (Lipinski definition) is 2. The van der Waals surface area contributed by atoms with E-state index in [1.165, 1.54) is 0 Å². The van der Waals surface area contributed by atoms with E-state index < -0.39 is 0 Å². The summed E-state index contributed by atoms with van der Waals surface area (Å²) in [4.78, 5) is 11.1. The maximum absolute atomic E-state index is 11.1. The minimum atomic E-state index is -0.217. The number of hydrogen-bond donors (Lipinski definition) is 1. The highest BCUT2D eigenvalue weighted by Gasteiger charge is 2.09. The fourth-order valence-corrected chi connectivity index (χ4v) is 1.53. The summed E-state index contributed by atoms with van der Waals surface area (Å²) in [7, 11) is 1.61. The number of benzene rings is 1. The molecule has 0 aliphatic rings. The van der Waals surface area contributed by atoms with Crippen molar-refractivity contribution in [2.75, 3.05) is 18.3 Å². The summed E-state index contributed by atoms with van der Waals surface area (Å²) >= 11 is 5.42. The van der Waals surface area contributed by atoms with Crippen LogP contribution in [-0.2, 0) is 4.79 Å². The molecule has 0 heterocycles. The Balaban J connectivity index is 3.05. The van der Waals surface area contributed by atoms with Crippen molar-refractivity contribution in [2.24, 2.45) is 0 Å². The predicted molar refractivity (Wildman–Crippen MR) is 61.8 cm³/mol. The van der Waals surface area contributed by atoms with Crippen molar-refractivity contribution in [3.8, 4) is 5.75 Å². The van der Waals surface area contributed by atoms with E-state index in [0.29, 0.717) is 0 Å². The molecule has 1 aromatic rings. The first-order valence-electron chi connectivity index (χ1n) is 4.60. The van der Waals surface area contributed by atoms with Crippen molar-refractivity contribution < 1.29 is 9.53 Å². The Morgan fingerprint density at radius 3 is 2.67 bits per heavy atom. The molecule has 15 heavy (non-hydrogen) atoms. The van der Waals surface area contributed by atoms with Crippen LogP contribution in [0, 0.1) is 13.8 Å². The zero-order chi connectivity index (χ0) is 11.4. The maximum Gasteiger partial charge on any atom is 0.239 e. The van der Waals surface area contributed by atoms with E-state index in [1.807, 2.05) is 26.0 Å². The molecule has 0 saturated carbocycles. The quantitative estimate of drug-likeness (QED) is 0.806. The lowest BCUT2D eigenvalue weighted by atomic mass is 10.1. The molecular formula is C11H14ClNO2. The minimum absolute atomic E-state index is 0.0460. The maximum atomic E-state index is 11.1. The molecule has 1 rings (SSSR count). The molecule has 0 spiro atoms. The Morgan fingerprint density at radius 2 is 2.13 bits per heavy atom. The van der Waals surface area contributed by atoms with Crippen molar-refractivity contribution in [2.45, 2.75) is 13.8 Å². The topological polar surface area (TPSA) is 38.3 Å². The van der Waals surface area contributed by atoms with Crippen LogP contribution < -0.4 is 10.1 Å². The Morgan fingerprint density at radius 1 is 1.47 bits per heavy atom. The Kier molecular flexibility index (Phi) is 3.97. The standard InChI is InChI=1S/C11H14ClNO2/c1-7-4-5-9(13-10(14)6-12)8(2)11(7)15-3/h4-5H,6H2,1-3H3,(H,13,14). The average Bonchev–Trinajstić information content (AvgIpc) is 2.23. The number of amides is 1. The van der Waals surface area contributed by atoms with E-state index >= 15 is 0 Å². The lowest BCUT2D eigenvalue weighted by molar-refractivity contribution is -0.113. The molecule has 0 radical (unpaired) electrons. The van der Waals surface area contributed by atoms with Gasteiger partial charge >= 0.3 is 0 Å². The zero-order valence-corrected chi connectivity index (χ0v) is 9.81. The predicted octanol–water partition coefficient (Wildman–Crippen LogP) is 2.49. The van der Waals surface area contributed by atoms with Gasteiger partial charge in [-0.1, -0.05) is 6.07 Å². The van der Waals surface area contributed by atoms with Crippen LogP contribution in [-0.4, -0.2) is 18.9 Å². The van der Waals surface area contributed by atoms with Gasteiger partial charge < -0.3 is 10.1 Å². The number of alkyl halides is 1. The second-order valence-electron chi connectivity index (χ2n) is 3.27. The van der Waals surface area contributed by atoms with Gasteiger partial charge in [0.15, 0.2) is 0 Å². The zero-order valence-electron chi connectivity index (χ0n) is 9.06. The molecule has 0 atom stereocenters. The Bertz CT molecular complexity index is 377. The van der Waals surface area contributed by atoms with Crippen LogP contribution in [0.15, 0.2) is 12.1 Å². The summed E-state index contributed by atoms with van der Waals surface area (Å²) in [6.45, 7) is 3.86. The smallest absolute Gasteiger partial charge is 0.239 e. The molecule has 0 bridgehead atoms. The van der Waals surface area contributed by atoms with E-state index in [0.717, 1.165) is 22.6 Å². The summed E-state index contributed by atoms with van der Waals surface area (Å²) < 4.78 is 5.25. The molecule has 82 valence electrons. The van der Waals surface area contributed by atoms with Gasteiger partial charge in [-0.2, -0.15) is 0 Å². The van der Waals surface area contributed by atoms with E-state index in [1.54, 1.807) is 7.11 Å². The van der Waals surface area contributed by atoms with Crippen LogP contribution in [0.25, 0.3) is 0 Å². The first-order valence-corrected chi connectivity index (χ1v) is 5.13. The lowest BCUT2D eigenvalue weighted by Gasteiger charge is -2.13. The highest BCUT2D eigenvalue weighted by atomic mass is 35.5. The van der Waals surface area contributed by atoms with Gasteiger partial charge in [0.25, 0.3) is 0 Å². The fraction of sp³-hybridized carbons (Fsp3) is 0.364. The number of rotatable bonds is 3. The van der Waals surface area contributed by atoms with Gasteiger partial charge in [0.05, 0.1) is 7.11 Å². The van der Waals surface area contributed by atoms with Gasteiger partial charge in [-0.15, -0.1) is 11.6 Å². The molecule has 4 heteroatoms. The molecule has 0 aliphatic heterocycles. The molecule has 0 saturated heterocycles. The average molecular weight is 228 g/mol. The fourth-order valence-electron chi connectivity index (χ4n) is 1.46. The number of carbonyl (C=O) groups excluding carboxylic acids is 1. The number of ether oxygens (including phenoxy) is 1. The van der Waals surface area contributed by atoms with Crippen molar-refractivity contribution in [3.63, 3.8) is 0 Å². The molecule has 3 nitrogen and oxygen atoms in total. The molecule has 1 aromatic carbocycles. The van der Waals surface area contributed by atoms with Crippen molar-refractivity contribution >= 4 is 23.2 Å². The van der Waals surface area contributed by atoms with Gasteiger partial charge in [0, 0.05) is 11.3 Å². The summed E-state index contributed by atoms with van der Waals surface area (Å²) in [6.07, 6.45) is 0. The third kappa shape index (κ3) is 2.63. The molecule has 0 aromatic heterocycles. The molecular weight excluding hydrogens is 214 g/mol. The van der Waals surface area contributed by atoms with Crippen LogP contribution in [0.3, 0.4) is 0 Å². The van der Waals surface area contributed by atoms with E-state index in [-0.39, 0.29) is 11.8 Å². The molecule has 0 aliphatic carbocycles. The summed E-state index contributed by atoms with van der Waals surface area (Å²) in [5, 5.41) is 2.71. The second kappa shape index (κ2) is 5.03. The summed E-state index contributed by atoms with van der Waals surface area (Å²) in [6, 6.07) is 3.74. The first kappa shape index (κ1) is 11.9. The SMILES string of the molecule is COc1c(C)ccc(NC(=O)CCl)c1C. The molecule has 0 fully saturated rings. The van der Waals surface area contributed by atoms with E-state index in [9.17, 15) is 4.79 Å². The van der Waals surface area contributed by atoms with Crippen molar-refractivity contribution in [1.29, 1.82) is 0 Å². The molecule has 0 unspecified atom stereocenters. The normalized spacial score (nSPS) is 9.87. The van der Waals surface area contributed by atoms with Crippen LogP contribution in [0.1, 0.15) is 11.1 Å². The first-order chi connectivity index (χ1) is 7.10. The van der Waals surface area contributed by atoms with E-state index in [2.05, 4.69) is 5.32 Å². The Hall–Kier alpha value is -1.22. The number of methoxy groups -OCH3 is 1. The molecule has 1 N–H and O–H groups in total. The van der Waals surface area contributed by atoms with Gasteiger partial charge in [-0.3, -0.25) is 4.79 Å². The Labute approximate surface area is 94.4 Å². The monoisotopic (exact) mass is 227 g/mol. The van der Waals surface area contributed by atoms with Gasteiger partial charge in [0.1, 0.15) is 11.6 Å². The van der Waals surface area contributed by atoms with E-state index in [4.69, 9.17) is 16.3 Å². The van der Waals surface area contributed by atoms with Gasteiger partial charge in [-0.05, 0) is 25.5 Å². The molecule has 1 amide bonds. The summed E-state index contributed by atoms with van der Waals surface area (Å²) in [5.74, 6) is 0.531. The highest BCUT2D eigenvalue weighted by Crippen LogP contribution is 2.28. The minimum Gasteiger partial charge on any atom is -0.496 e. The largest absolute Gasteiger partial charge is 0.496 e. The number of halogens is 1. The van der Waals surface area contributed by atoms with Gasteiger partial charge in [0.2, 0.25) is 5.91 Å². The van der Waals surface area contributed by atoms with Crippen LogP contribution in [0.2, 0.25) is 0 Å². The number of nitrogens with one attached hydrogen (secondary N) is 1. The van der Waals surface area contributed by atoms with Crippen molar-refractivity contribution in [1.82, 2.24) is 0 Å². The highest BCUT2D eigenvalue weighted by molar-refractivity contribution is 6.29. The number of carbonyl (C=O) groups is 1. The number of anilines is 1. The number of aryl methyl sites for hydroxylation is 1. The van der Waals surface area contributed by atoms with Gasteiger partial charge in [-0.25, -0.2) is 0 Å². The van der Waals surface area contributed by atoms with Crippen LogP contribution in [0.4, 0.5) is 5.69 Å². The third-order valence-electron chi connectivity index (χ3n) is 2.20. The lowest BCUT2D eigenvalue weighted by Crippen LogP contribution is -2.13. The van der Waals surface area contributed by atoms with Crippen molar-refractivity contribution in [3.05, 3.63) is 23.3 Å². The summed E-state index contributed by atoms with van der Waals surface area (Å²) in [5.41, 5.74) is 2.69. The van der Waals surface area contributed by atoms with Crippen LogP contribution in [0.5, 0.6) is 5.75 Å². The second-order valence-corrected chi connectivity index (χ2v) is 3.54. The third-order valence-corrected chi connectivity index (χ3v) is 2.45.